The first-order valence-corrected chi connectivity index (χ1v) is 26.9. The number of hydrogen-bond acceptors (Lipinski definition) is 19. The fraction of sp³-hybridized carbons (Fsp3) is 0.792. The van der Waals surface area contributed by atoms with Crippen LogP contribution in [0.3, 0.4) is 0 Å². The first-order valence-electron chi connectivity index (χ1n) is 26.1. The number of nitrogens with zero attached hydrogens (tertiary/aromatic N) is 4. The van der Waals surface area contributed by atoms with Crippen LogP contribution in [0.25, 0.3) is 10.6 Å². The van der Waals surface area contributed by atoms with Gasteiger partial charge in [0.15, 0.2) is 19.2 Å². The molecule has 0 amide bonds. The van der Waals surface area contributed by atoms with Gasteiger partial charge in [-0.25, -0.2) is 4.98 Å². The lowest BCUT2D eigenvalue weighted by Crippen LogP contribution is -2.61. The summed E-state index contributed by atoms with van der Waals surface area (Å²) in [7, 11) is 5.39. The van der Waals surface area contributed by atoms with Crippen LogP contribution in [0.5, 0.6) is 0 Å². The SMILES string of the molecule is CCCN1C[C@H](C)[C@H]2OC/C(=N\OCc3ccc(-c4cccc(N)n4)s3)CO[C@](C)(C[C@H]1C)[C@H](O[C@@H]1O[C@H](C)C[C@H](N(C)C)[C@H]1O)[C@@H](C)[C@H](O[C@H]1C[C@@](C)(OC)[C@@H](O)[C@H](C)O1)[C@@H](C)C(=O)O[C@H](CC)[C@@]2(C)O. The van der Waals surface area contributed by atoms with Gasteiger partial charge in [-0.1, -0.05) is 38.9 Å². The molecule has 18 nitrogen and oxygen atoms in total. The lowest BCUT2D eigenvalue weighted by Gasteiger charge is -2.50. The Labute approximate surface area is 432 Å². The highest BCUT2D eigenvalue weighted by Gasteiger charge is 2.54. The summed E-state index contributed by atoms with van der Waals surface area (Å²) in [5.74, 6) is -2.15. The van der Waals surface area contributed by atoms with Gasteiger partial charge in [-0.2, -0.15) is 0 Å². The lowest BCUT2D eigenvalue weighted by molar-refractivity contribution is -0.320. The molecule has 0 aliphatic carbocycles. The number of nitrogen functional groups attached to an aromatic ring is 1. The molecule has 7 heterocycles. The van der Waals surface area contributed by atoms with Gasteiger partial charge in [-0.05, 0) is 125 Å². The third-order valence-corrected chi connectivity index (χ3v) is 16.7. The average molecular weight is 1030 g/mol. The number of aliphatic hydroxyl groups is 3. The van der Waals surface area contributed by atoms with Crippen molar-refractivity contribution in [2.75, 3.05) is 53.2 Å². The van der Waals surface area contributed by atoms with Crippen LogP contribution in [0.15, 0.2) is 35.5 Å². The first kappa shape index (κ1) is 58.4. The van der Waals surface area contributed by atoms with E-state index in [-0.39, 0.29) is 56.8 Å². The van der Waals surface area contributed by atoms with Gasteiger partial charge in [0.25, 0.3) is 0 Å². The van der Waals surface area contributed by atoms with Crippen molar-refractivity contribution in [1.29, 1.82) is 0 Å². The predicted octanol–water partition coefficient (Wildman–Crippen LogP) is 6.02. The molecule has 0 aromatic carbocycles. The number of rotatable bonds is 13. The molecule has 5 fully saturated rings. The summed E-state index contributed by atoms with van der Waals surface area (Å²) in [4.78, 5) is 31.7. The number of anilines is 1. The second-order valence-electron chi connectivity index (χ2n) is 21.9. The van der Waals surface area contributed by atoms with Gasteiger partial charge in [0.05, 0.1) is 71.4 Å². The molecule has 2 bridgehead atoms. The fourth-order valence-electron chi connectivity index (χ4n) is 11.5. The molecule has 2 aromatic rings. The third kappa shape index (κ3) is 13.6. The van der Waals surface area contributed by atoms with E-state index in [9.17, 15) is 20.1 Å². The zero-order valence-corrected chi connectivity index (χ0v) is 46.1. The topological polar surface area (TPSA) is 219 Å². The monoisotopic (exact) mass is 1030 g/mol. The Bertz CT molecular complexity index is 2080. The molecule has 19 heteroatoms. The maximum Gasteiger partial charge on any atom is 0.311 e. The number of aromatic nitrogens is 1. The lowest BCUT2D eigenvalue weighted by atomic mass is 9.78. The fourth-order valence-corrected chi connectivity index (χ4v) is 12.4. The van der Waals surface area contributed by atoms with Crippen molar-refractivity contribution in [2.24, 2.45) is 22.9 Å². The maximum absolute atomic E-state index is 14.9. The van der Waals surface area contributed by atoms with Crippen molar-refractivity contribution >= 4 is 28.8 Å². The summed E-state index contributed by atoms with van der Waals surface area (Å²) >= 11 is 1.52. The van der Waals surface area contributed by atoms with Crippen molar-refractivity contribution in [2.45, 2.75) is 205 Å². The number of oxime groups is 1. The van der Waals surface area contributed by atoms with Gasteiger partial charge in [-0.15, -0.1) is 11.3 Å². The Morgan fingerprint density at radius 3 is 2.40 bits per heavy atom. The Kier molecular flexibility index (Phi) is 20.1. The van der Waals surface area contributed by atoms with Crippen molar-refractivity contribution in [3.8, 4) is 10.6 Å². The number of fused-ring (bicyclic) bond motifs is 15. The van der Waals surface area contributed by atoms with E-state index in [4.69, 9.17) is 48.5 Å². The highest BCUT2D eigenvalue weighted by molar-refractivity contribution is 7.15. The van der Waals surface area contributed by atoms with Crippen LogP contribution in [0.1, 0.15) is 113 Å². The number of hydrogen-bond donors (Lipinski definition) is 4. The number of thiophene rings is 1. The molecule has 0 spiro atoms. The van der Waals surface area contributed by atoms with Crippen LogP contribution in [0.2, 0.25) is 0 Å². The maximum atomic E-state index is 14.9. The van der Waals surface area contributed by atoms with Gasteiger partial charge in [-0.3, -0.25) is 4.79 Å². The second kappa shape index (κ2) is 24.8. The third-order valence-electron chi connectivity index (χ3n) is 15.6. The Balaban J connectivity index is 1.50. The van der Waals surface area contributed by atoms with E-state index in [2.05, 4.69) is 35.8 Å². The molecule has 2 aromatic heterocycles. The zero-order valence-electron chi connectivity index (χ0n) is 45.3. The van der Waals surface area contributed by atoms with E-state index >= 15 is 0 Å². The molecule has 0 radical (unpaired) electrons. The number of carbonyl (C=O) groups excluding carboxylic acids is 1. The molecule has 18 atom stereocenters. The first-order chi connectivity index (χ1) is 33.9. The van der Waals surface area contributed by atoms with E-state index in [1.165, 1.54) is 11.3 Å². The molecule has 5 N–H and O–H groups in total. The summed E-state index contributed by atoms with van der Waals surface area (Å²) in [5, 5.41) is 40.9. The van der Waals surface area contributed by atoms with Gasteiger partial charge in [0, 0.05) is 43.0 Å². The molecule has 408 valence electrons. The quantitative estimate of drug-likeness (QED) is 0.133. The van der Waals surface area contributed by atoms with Crippen LogP contribution in [0.4, 0.5) is 5.82 Å². The van der Waals surface area contributed by atoms with Crippen LogP contribution in [-0.4, -0.2) is 180 Å². The van der Waals surface area contributed by atoms with Crippen LogP contribution in [-0.2, 0) is 54.1 Å². The number of methoxy groups -OCH3 is 1. The smallest absolute Gasteiger partial charge is 0.311 e. The summed E-state index contributed by atoms with van der Waals surface area (Å²) in [6.45, 7) is 22.4. The summed E-state index contributed by atoms with van der Waals surface area (Å²) < 4.78 is 53.7. The molecule has 7 rings (SSSR count). The van der Waals surface area contributed by atoms with Gasteiger partial charge in [0.1, 0.15) is 35.4 Å². The van der Waals surface area contributed by atoms with Gasteiger partial charge in [0.2, 0.25) is 0 Å². The largest absolute Gasteiger partial charge is 0.459 e. The van der Waals surface area contributed by atoms with E-state index in [1.807, 2.05) is 77.9 Å². The minimum atomic E-state index is -1.70. The molecule has 5 aliphatic rings. The number of pyridine rings is 1. The second-order valence-corrected chi connectivity index (χ2v) is 23.0. The Morgan fingerprint density at radius 1 is 1.00 bits per heavy atom. The minimum Gasteiger partial charge on any atom is -0.459 e. The van der Waals surface area contributed by atoms with Crippen molar-refractivity contribution in [3.63, 3.8) is 0 Å². The number of ether oxygens (including phenoxy) is 8. The number of aliphatic hydroxyl groups excluding tert-OH is 2. The van der Waals surface area contributed by atoms with Gasteiger partial charge < -0.3 is 73.6 Å². The number of esters is 1. The molecule has 5 saturated heterocycles. The number of likely N-dealkylation sites (N-methyl/N-ethyl adjacent to an activating group) is 1. The number of carbonyl (C=O) groups is 1. The van der Waals surface area contributed by atoms with Gasteiger partial charge >= 0.3 is 5.97 Å². The number of nitrogens with two attached hydrogens (primary N) is 1. The van der Waals surface area contributed by atoms with Crippen molar-refractivity contribution in [1.82, 2.24) is 14.8 Å². The van der Waals surface area contributed by atoms with Crippen LogP contribution < -0.4 is 5.73 Å². The molecule has 5 aliphatic heterocycles. The summed E-state index contributed by atoms with van der Waals surface area (Å²) in [6, 6.07) is 9.03. The summed E-state index contributed by atoms with van der Waals surface area (Å²) in [6.07, 6.45) is -6.59. The molecular weight excluding hydrogens is 947 g/mol. The molecule has 0 unspecified atom stereocenters. The Morgan fingerprint density at radius 2 is 1.74 bits per heavy atom. The molecule has 72 heavy (non-hydrogen) atoms. The Hall–Kier alpha value is -2.89. The molecule has 0 saturated carbocycles. The highest BCUT2D eigenvalue weighted by atomic mass is 32.1. The van der Waals surface area contributed by atoms with Crippen LogP contribution in [0, 0.1) is 17.8 Å². The normalized spacial score (nSPS) is 40.7. The van der Waals surface area contributed by atoms with E-state index in [1.54, 1.807) is 33.9 Å². The summed E-state index contributed by atoms with van der Waals surface area (Å²) in [5.41, 5.74) is 3.20. The minimum absolute atomic E-state index is 0.0818. The molecular formula is C53H87N5O13S. The standard InChI is InChI=1S/C53H87N5O13S/c1-15-22-58-26-30(3)47-53(11,62)41(16-2)69-49(61)34(7)45(70-43-25-51(9,63-14)46(60)35(8)68-43)33(6)48(71-50-44(59)39(57(12)13)23-32(5)67-50)52(10,24-31(58)4)65-28-36(27-64-47)56-66-29-37-20-21-40(72-37)38-18-17-19-42(54)55-38/h17-21,30-35,39,41,43-48,50,59-60,62H,15-16,22-29H2,1-14H3,(H2,54,55)/b56-36+/t30-,31+,32+,33-,34+,35-,39-,41+,43-,44+,45-,46-,47+,48+,50-,51+,52+,53+/m0/s1. The highest BCUT2D eigenvalue weighted by Crippen LogP contribution is 2.42. The van der Waals surface area contributed by atoms with E-state index < -0.39 is 89.9 Å². The van der Waals surface area contributed by atoms with E-state index in [0.29, 0.717) is 30.9 Å². The van der Waals surface area contributed by atoms with Crippen LogP contribution >= 0.6 is 11.3 Å². The van der Waals surface area contributed by atoms with Crippen molar-refractivity contribution < 1.29 is 62.8 Å². The predicted molar refractivity (Wildman–Crippen MR) is 275 cm³/mol. The van der Waals surface area contributed by atoms with Crippen molar-refractivity contribution in [3.05, 3.63) is 35.2 Å². The average Bonchev–Trinajstić information content (AvgIpc) is 3.80. The zero-order chi connectivity index (χ0) is 52.9. The van der Waals surface area contributed by atoms with E-state index in [0.717, 1.165) is 28.4 Å².